The maximum atomic E-state index is 11.1. The highest BCUT2D eigenvalue weighted by Gasteiger charge is 2.25. The van der Waals surface area contributed by atoms with Gasteiger partial charge in [-0.05, 0) is 11.6 Å². The number of aromatic nitrogens is 1. The van der Waals surface area contributed by atoms with Crippen molar-refractivity contribution in [1.82, 2.24) is 10.3 Å². The molecular weight excluding hydrogens is 214 g/mol. The van der Waals surface area contributed by atoms with Gasteiger partial charge in [-0.1, -0.05) is 18.2 Å². The second kappa shape index (κ2) is 3.89. The minimum Gasteiger partial charge on any atom is -0.370 e. The first-order valence-corrected chi connectivity index (χ1v) is 5.84. The molecule has 17 heavy (non-hydrogen) atoms. The summed E-state index contributed by atoms with van der Waals surface area (Å²) in [6.07, 6.45) is 0.405. The molecule has 4 heteroatoms. The van der Waals surface area contributed by atoms with Crippen LogP contribution in [0.4, 0.5) is 0 Å². The van der Waals surface area contributed by atoms with Gasteiger partial charge < -0.3 is 16.0 Å². The van der Waals surface area contributed by atoms with E-state index in [4.69, 9.17) is 5.73 Å². The first-order chi connectivity index (χ1) is 8.25. The average Bonchev–Trinajstić information content (AvgIpc) is 2.67. The molecule has 1 aliphatic heterocycles. The number of carbonyl (C=O) groups is 1. The molecule has 88 valence electrons. The number of benzene rings is 1. The molecule has 0 bridgehead atoms. The first-order valence-electron chi connectivity index (χ1n) is 5.84. The number of amides is 1. The number of H-pyrrole nitrogens is 1. The number of para-hydroxylation sites is 1. The number of hydrogen-bond acceptors (Lipinski definition) is 2. The molecule has 1 aromatic heterocycles. The Labute approximate surface area is 99.2 Å². The fourth-order valence-electron chi connectivity index (χ4n) is 2.72. The molecule has 0 aliphatic carbocycles. The van der Waals surface area contributed by atoms with E-state index in [-0.39, 0.29) is 11.8 Å². The SMILES string of the molecule is NC(=O)CC1CNCc2[nH]c3ccccc3c21. The summed E-state index contributed by atoms with van der Waals surface area (Å²) in [5, 5.41) is 4.54. The number of aromatic amines is 1. The minimum absolute atomic E-state index is 0.187. The fourth-order valence-corrected chi connectivity index (χ4v) is 2.72. The molecule has 3 rings (SSSR count). The molecule has 1 unspecified atom stereocenters. The third-order valence-electron chi connectivity index (χ3n) is 3.38. The lowest BCUT2D eigenvalue weighted by molar-refractivity contribution is -0.118. The lowest BCUT2D eigenvalue weighted by Gasteiger charge is -2.22. The topological polar surface area (TPSA) is 70.9 Å². The predicted octanol–water partition coefficient (Wildman–Crippen LogP) is 1.23. The molecule has 4 N–H and O–H groups in total. The molecule has 0 radical (unpaired) electrons. The van der Waals surface area contributed by atoms with E-state index >= 15 is 0 Å². The molecule has 1 amide bonds. The van der Waals surface area contributed by atoms with Crippen LogP contribution in [0.3, 0.4) is 0 Å². The van der Waals surface area contributed by atoms with Crippen LogP contribution in [0.5, 0.6) is 0 Å². The molecule has 2 heterocycles. The summed E-state index contributed by atoms with van der Waals surface area (Å²) in [6.45, 7) is 1.65. The molecule has 0 saturated heterocycles. The van der Waals surface area contributed by atoms with Crippen molar-refractivity contribution in [2.45, 2.75) is 18.9 Å². The van der Waals surface area contributed by atoms with E-state index in [0.29, 0.717) is 6.42 Å². The normalized spacial score (nSPS) is 19.2. The third-order valence-corrected chi connectivity index (χ3v) is 3.38. The van der Waals surface area contributed by atoms with Gasteiger partial charge in [0.15, 0.2) is 0 Å². The smallest absolute Gasteiger partial charge is 0.218 e. The number of nitrogens with one attached hydrogen (secondary N) is 2. The van der Waals surface area contributed by atoms with Crippen molar-refractivity contribution >= 4 is 16.8 Å². The van der Waals surface area contributed by atoms with E-state index < -0.39 is 0 Å². The van der Waals surface area contributed by atoms with Gasteiger partial charge in [-0.3, -0.25) is 4.79 Å². The molecule has 0 fully saturated rings. The number of hydrogen-bond donors (Lipinski definition) is 3. The second-order valence-electron chi connectivity index (χ2n) is 4.56. The molecular formula is C13H15N3O. The Kier molecular flexibility index (Phi) is 2.37. The number of fused-ring (bicyclic) bond motifs is 3. The highest BCUT2D eigenvalue weighted by molar-refractivity contribution is 5.86. The van der Waals surface area contributed by atoms with E-state index in [0.717, 1.165) is 18.6 Å². The van der Waals surface area contributed by atoms with Crippen LogP contribution < -0.4 is 11.1 Å². The molecule has 4 nitrogen and oxygen atoms in total. The molecule has 2 aromatic rings. The van der Waals surface area contributed by atoms with Crippen LogP contribution in [0.1, 0.15) is 23.6 Å². The van der Waals surface area contributed by atoms with Crippen molar-refractivity contribution in [3.05, 3.63) is 35.5 Å². The Hall–Kier alpha value is -1.81. The van der Waals surface area contributed by atoms with Crippen LogP contribution in [0.2, 0.25) is 0 Å². The van der Waals surface area contributed by atoms with Gasteiger partial charge in [0.05, 0.1) is 0 Å². The summed E-state index contributed by atoms with van der Waals surface area (Å²) in [4.78, 5) is 14.5. The van der Waals surface area contributed by atoms with Crippen LogP contribution >= 0.6 is 0 Å². The molecule has 0 spiro atoms. The Morgan fingerprint density at radius 3 is 3.06 bits per heavy atom. The van der Waals surface area contributed by atoms with Gasteiger partial charge in [0.2, 0.25) is 5.91 Å². The second-order valence-corrected chi connectivity index (χ2v) is 4.56. The molecule has 1 aromatic carbocycles. The van der Waals surface area contributed by atoms with Crippen LogP contribution in [0.25, 0.3) is 10.9 Å². The van der Waals surface area contributed by atoms with Gasteiger partial charge in [-0.2, -0.15) is 0 Å². The summed E-state index contributed by atoms with van der Waals surface area (Å²) in [5.74, 6) is -0.0534. The summed E-state index contributed by atoms with van der Waals surface area (Å²) in [5.41, 5.74) is 8.90. The van der Waals surface area contributed by atoms with Crippen LogP contribution in [0.15, 0.2) is 24.3 Å². The summed E-state index contributed by atoms with van der Waals surface area (Å²) >= 11 is 0. The zero-order chi connectivity index (χ0) is 11.8. The van der Waals surface area contributed by atoms with Gasteiger partial charge >= 0.3 is 0 Å². The van der Waals surface area contributed by atoms with Gasteiger partial charge in [-0.25, -0.2) is 0 Å². The van der Waals surface area contributed by atoms with Crippen molar-refractivity contribution in [2.24, 2.45) is 5.73 Å². The minimum atomic E-state index is -0.241. The van der Waals surface area contributed by atoms with Crippen molar-refractivity contribution in [3.8, 4) is 0 Å². The van der Waals surface area contributed by atoms with Crippen LogP contribution in [-0.4, -0.2) is 17.4 Å². The highest BCUT2D eigenvalue weighted by Crippen LogP contribution is 2.33. The molecule has 0 saturated carbocycles. The number of carbonyl (C=O) groups excluding carboxylic acids is 1. The average molecular weight is 229 g/mol. The Morgan fingerprint density at radius 1 is 1.41 bits per heavy atom. The maximum Gasteiger partial charge on any atom is 0.218 e. The lowest BCUT2D eigenvalue weighted by atomic mass is 9.90. The van der Waals surface area contributed by atoms with E-state index in [1.807, 2.05) is 12.1 Å². The van der Waals surface area contributed by atoms with Crippen molar-refractivity contribution in [2.75, 3.05) is 6.54 Å². The van der Waals surface area contributed by atoms with Crippen LogP contribution in [-0.2, 0) is 11.3 Å². The summed E-state index contributed by atoms with van der Waals surface area (Å²) < 4.78 is 0. The molecule has 1 aliphatic rings. The van der Waals surface area contributed by atoms with Gasteiger partial charge in [0, 0.05) is 42.0 Å². The lowest BCUT2D eigenvalue weighted by Crippen LogP contribution is -2.30. The summed E-state index contributed by atoms with van der Waals surface area (Å²) in [7, 11) is 0. The Bertz CT molecular complexity index is 573. The zero-order valence-electron chi connectivity index (χ0n) is 9.49. The Morgan fingerprint density at radius 2 is 2.24 bits per heavy atom. The fraction of sp³-hybridized carbons (Fsp3) is 0.308. The highest BCUT2D eigenvalue weighted by atomic mass is 16.1. The van der Waals surface area contributed by atoms with Crippen LogP contribution in [0, 0.1) is 0 Å². The van der Waals surface area contributed by atoms with Gasteiger partial charge in [0.1, 0.15) is 0 Å². The maximum absolute atomic E-state index is 11.1. The quantitative estimate of drug-likeness (QED) is 0.724. The van der Waals surface area contributed by atoms with E-state index in [1.54, 1.807) is 0 Å². The summed E-state index contributed by atoms with van der Waals surface area (Å²) in [6, 6.07) is 8.21. The van der Waals surface area contributed by atoms with E-state index in [9.17, 15) is 4.79 Å². The Balaban J connectivity index is 2.13. The van der Waals surface area contributed by atoms with E-state index in [2.05, 4.69) is 22.4 Å². The molecule has 1 atom stereocenters. The number of primary amides is 1. The monoisotopic (exact) mass is 229 g/mol. The van der Waals surface area contributed by atoms with Gasteiger partial charge in [-0.15, -0.1) is 0 Å². The number of rotatable bonds is 2. The van der Waals surface area contributed by atoms with Crippen molar-refractivity contribution < 1.29 is 4.79 Å². The van der Waals surface area contributed by atoms with Gasteiger partial charge in [0.25, 0.3) is 0 Å². The largest absolute Gasteiger partial charge is 0.370 e. The van der Waals surface area contributed by atoms with Crippen molar-refractivity contribution in [1.29, 1.82) is 0 Å². The predicted molar refractivity (Wildman–Crippen MR) is 66.6 cm³/mol. The standard InChI is InChI=1S/C13H15N3O/c14-12(17)5-8-6-15-7-11-13(8)9-3-1-2-4-10(9)16-11/h1-4,8,15-16H,5-7H2,(H2,14,17). The van der Waals surface area contributed by atoms with E-state index in [1.165, 1.54) is 16.6 Å². The van der Waals surface area contributed by atoms with Crippen molar-refractivity contribution in [3.63, 3.8) is 0 Å². The third kappa shape index (κ3) is 1.70. The number of nitrogens with two attached hydrogens (primary N) is 1. The zero-order valence-corrected chi connectivity index (χ0v) is 9.49. The first kappa shape index (κ1) is 10.4.